The molecule has 0 unspecified atom stereocenters. The van der Waals surface area contributed by atoms with Gasteiger partial charge in [-0.2, -0.15) is 0 Å². The molecule has 2 amide bonds. The maximum Gasteiger partial charge on any atom is 0.317 e. The van der Waals surface area contributed by atoms with Crippen molar-refractivity contribution in [3.63, 3.8) is 0 Å². The number of aryl methyl sites for hydroxylation is 2. The van der Waals surface area contributed by atoms with Gasteiger partial charge in [-0.05, 0) is 48.7 Å². The summed E-state index contributed by atoms with van der Waals surface area (Å²) in [6, 6.07) is 14.2. The average molecular weight is 358 g/mol. The summed E-state index contributed by atoms with van der Waals surface area (Å²) in [6.07, 6.45) is 0. The van der Waals surface area contributed by atoms with E-state index in [1.54, 1.807) is 0 Å². The van der Waals surface area contributed by atoms with Crippen LogP contribution in [0.1, 0.15) is 16.7 Å². The topological polar surface area (TPSA) is 35.6 Å². The normalized spacial score (nSPS) is 14.5. The van der Waals surface area contributed by atoms with E-state index in [0.29, 0.717) is 11.6 Å². The van der Waals surface area contributed by atoms with Gasteiger partial charge in [0.1, 0.15) is 0 Å². The third-order valence-electron chi connectivity index (χ3n) is 4.53. The second kappa shape index (κ2) is 7.79. The van der Waals surface area contributed by atoms with Crippen molar-refractivity contribution in [3.05, 3.63) is 64.2 Å². The minimum absolute atomic E-state index is 0.0278. The molecular formula is C20H24ClN3O. The molecule has 1 aliphatic rings. The number of amides is 2. The number of carbonyl (C=O) groups is 1. The molecule has 3 rings (SSSR count). The fourth-order valence-corrected chi connectivity index (χ4v) is 3.43. The van der Waals surface area contributed by atoms with Crippen LogP contribution >= 0.6 is 11.6 Å². The maximum atomic E-state index is 12.4. The number of rotatable bonds is 3. The molecule has 0 spiro atoms. The van der Waals surface area contributed by atoms with E-state index in [0.717, 1.165) is 31.7 Å². The first-order valence-electron chi connectivity index (χ1n) is 8.62. The van der Waals surface area contributed by atoms with Crippen LogP contribution in [0.2, 0.25) is 5.02 Å². The molecule has 0 atom stereocenters. The van der Waals surface area contributed by atoms with Crippen molar-refractivity contribution in [2.24, 2.45) is 0 Å². The van der Waals surface area contributed by atoms with Gasteiger partial charge in [0, 0.05) is 43.4 Å². The summed E-state index contributed by atoms with van der Waals surface area (Å²) in [6.45, 7) is 7.84. The van der Waals surface area contributed by atoms with Crippen molar-refractivity contribution in [3.8, 4) is 0 Å². The quantitative estimate of drug-likeness (QED) is 0.901. The van der Waals surface area contributed by atoms with Crippen LogP contribution in [-0.2, 0) is 6.54 Å². The third-order valence-corrected chi connectivity index (χ3v) is 4.90. The van der Waals surface area contributed by atoms with Crippen molar-refractivity contribution in [1.82, 2.24) is 10.2 Å². The van der Waals surface area contributed by atoms with Gasteiger partial charge in [-0.25, -0.2) is 4.79 Å². The zero-order valence-corrected chi connectivity index (χ0v) is 15.5. The number of hydrogen-bond acceptors (Lipinski definition) is 2. The summed E-state index contributed by atoms with van der Waals surface area (Å²) in [4.78, 5) is 16.6. The van der Waals surface area contributed by atoms with Crippen LogP contribution in [0, 0.1) is 13.8 Å². The molecule has 5 heteroatoms. The molecule has 1 aliphatic heterocycles. The lowest BCUT2D eigenvalue weighted by Gasteiger charge is -2.36. The van der Waals surface area contributed by atoms with E-state index in [9.17, 15) is 4.79 Å². The van der Waals surface area contributed by atoms with Gasteiger partial charge in [0.2, 0.25) is 0 Å². The SMILES string of the molecule is Cc1cc(C)cc(N2CCN(C(=O)NCc3ccccc3Cl)CC2)c1. The molecule has 1 heterocycles. The van der Waals surface area contributed by atoms with Crippen molar-refractivity contribution in [2.45, 2.75) is 20.4 Å². The summed E-state index contributed by atoms with van der Waals surface area (Å²) < 4.78 is 0. The Kier molecular flexibility index (Phi) is 5.49. The number of urea groups is 1. The molecule has 0 saturated carbocycles. The zero-order valence-electron chi connectivity index (χ0n) is 14.8. The minimum atomic E-state index is -0.0278. The Morgan fingerprint density at radius 2 is 1.68 bits per heavy atom. The first kappa shape index (κ1) is 17.6. The Morgan fingerprint density at radius 1 is 1.04 bits per heavy atom. The van der Waals surface area contributed by atoms with Gasteiger partial charge in [0.15, 0.2) is 0 Å². The van der Waals surface area contributed by atoms with Gasteiger partial charge >= 0.3 is 6.03 Å². The number of anilines is 1. The Morgan fingerprint density at radius 3 is 2.32 bits per heavy atom. The monoisotopic (exact) mass is 357 g/mol. The molecular weight excluding hydrogens is 334 g/mol. The summed E-state index contributed by atoms with van der Waals surface area (Å²) in [5.41, 5.74) is 4.73. The molecule has 0 bridgehead atoms. The van der Waals surface area contributed by atoms with E-state index in [2.05, 4.69) is 42.3 Å². The van der Waals surface area contributed by atoms with Crippen LogP contribution in [0.25, 0.3) is 0 Å². The van der Waals surface area contributed by atoms with Gasteiger partial charge in [0.05, 0.1) is 0 Å². The van der Waals surface area contributed by atoms with E-state index in [-0.39, 0.29) is 6.03 Å². The number of benzene rings is 2. The Bertz CT molecular complexity index is 734. The molecule has 0 radical (unpaired) electrons. The van der Waals surface area contributed by atoms with Crippen LogP contribution in [-0.4, -0.2) is 37.1 Å². The number of hydrogen-bond donors (Lipinski definition) is 1. The zero-order chi connectivity index (χ0) is 17.8. The summed E-state index contributed by atoms with van der Waals surface area (Å²) >= 11 is 6.13. The van der Waals surface area contributed by atoms with Crippen LogP contribution in [0.15, 0.2) is 42.5 Å². The molecule has 0 aliphatic carbocycles. The minimum Gasteiger partial charge on any atom is -0.368 e. The molecule has 0 aromatic heterocycles. The Hall–Kier alpha value is -2.20. The molecule has 1 saturated heterocycles. The highest BCUT2D eigenvalue weighted by atomic mass is 35.5. The first-order chi connectivity index (χ1) is 12.0. The van der Waals surface area contributed by atoms with E-state index in [1.165, 1.54) is 16.8 Å². The van der Waals surface area contributed by atoms with Crippen LogP contribution in [0.5, 0.6) is 0 Å². The molecule has 1 N–H and O–H groups in total. The first-order valence-corrected chi connectivity index (χ1v) is 9.00. The van der Waals surface area contributed by atoms with Crippen LogP contribution in [0.4, 0.5) is 10.5 Å². The van der Waals surface area contributed by atoms with Crippen molar-refractivity contribution in [2.75, 3.05) is 31.1 Å². The molecule has 132 valence electrons. The highest BCUT2D eigenvalue weighted by Crippen LogP contribution is 2.20. The fourth-order valence-electron chi connectivity index (χ4n) is 3.23. The molecule has 25 heavy (non-hydrogen) atoms. The summed E-state index contributed by atoms with van der Waals surface area (Å²) in [5, 5.41) is 3.65. The lowest BCUT2D eigenvalue weighted by atomic mass is 10.1. The second-order valence-electron chi connectivity index (χ2n) is 6.57. The largest absolute Gasteiger partial charge is 0.368 e. The van der Waals surface area contributed by atoms with E-state index in [4.69, 9.17) is 11.6 Å². The standard InChI is InChI=1S/C20H24ClN3O/c1-15-11-16(2)13-18(12-15)23-7-9-24(10-8-23)20(25)22-14-17-5-3-4-6-19(17)21/h3-6,11-13H,7-10,14H2,1-2H3,(H,22,25). The second-order valence-corrected chi connectivity index (χ2v) is 6.98. The van der Waals surface area contributed by atoms with Crippen molar-refractivity contribution < 1.29 is 4.79 Å². The maximum absolute atomic E-state index is 12.4. The average Bonchev–Trinajstić information content (AvgIpc) is 2.60. The molecule has 4 nitrogen and oxygen atoms in total. The number of halogens is 1. The highest BCUT2D eigenvalue weighted by Gasteiger charge is 2.21. The van der Waals surface area contributed by atoms with Crippen molar-refractivity contribution in [1.29, 1.82) is 0 Å². The fraction of sp³-hybridized carbons (Fsp3) is 0.350. The lowest BCUT2D eigenvalue weighted by molar-refractivity contribution is 0.194. The number of piperazine rings is 1. The van der Waals surface area contributed by atoms with Gasteiger partial charge in [-0.3, -0.25) is 0 Å². The molecule has 1 fully saturated rings. The lowest BCUT2D eigenvalue weighted by Crippen LogP contribution is -2.51. The number of carbonyl (C=O) groups excluding carboxylic acids is 1. The van der Waals surface area contributed by atoms with Crippen molar-refractivity contribution >= 4 is 23.3 Å². The summed E-state index contributed by atoms with van der Waals surface area (Å²) in [7, 11) is 0. The van der Waals surface area contributed by atoms with Gasteiger partial charge in [0.25, 0.3) is 0 Å². The van der Waals surface area contributed by atoms with Gasteiger partial charge in [-0.1, -0.05) is 35.9 Å². The molecule has 2 aromatic carbocycles. The summed E-state index contributed by atoms with van der Waals surface area (Å²) in [5.74, 6) is 0. The third kappa shape index (κ3) is 4.45. The predicted molar refractivity (Wildman–Crippen MR) is 103 cm³/mol. The molecule has 2 aromatic rings. The van der Waals surface area contributed by atoms with E-state index < -0.39 is 0 Å². The number of nitrogens with zero attached hydrogens (tertiary/aromatic N) is 2. The number of nitrogens with one attached hydrogen (secondary N) is 1. The highest BCUT2D eigenvalue weighted by molar-refractivity contribution is 6.31. The van der Waals surface area contributed by atoms with Crippen LogP contribution < -0.4 is 10.2 Å². The van der Waals surface area contributed by atoms with Gasteiger partial charge < -0.3 is 15.1 Å². The predicted octanol–water partition coefficient (Wildman–Crippen LogP) is 3.99. The van der Waals surface area contributed by atoms with E-state index in [1.807, 2.05) is 29.2 Å². The Balaban J connectivity index is 1.53. The van der Waals surface area contributed by atoms with E-state index >= 15 is 0 Å². The van der Waals surface area contributed by atoms with Gasteiger partial charge in [-0.15, -0.1) is 0 Å². The smallest absolute Gasteiger partial charge is 0.317 e. The van der Waals surface area contributed by atoms with Crippen LogP contribution in [0.3, 0.4) is 0 Å². The Labute approximate surface area is 154 Å².